The lowest BCUT2D eigenvalue weighted by Crippen LogP contribution is -2.72. The molecule has 2 heterocycles. The Kier molecular flexibility index (Phi) is 10.9. The highest BCUT2D eigenvalue weighted by atomic mass is 28.3. The first-order valence-electron chi connectivity index (χ1n) is 26.1. The van der Waals surface area contributed by atoms with Crippen molar-refractivity contribution in [2.45, 2.75) is 0 Å². The first-order chi connectivity index (χ1) is 37.2. The molecule has 0 fully saturated rings. The van der Waals surface area contributed by atoms with Gasteiger partial charge < -0.3 is 4.90 Å². The Hall–Kier alpha value is -9.13. The van der Waals surface area contributed by atoms with Gasteiger partial charge in [0, 0.05) is 17.1 Å². The van der Waals surface area contributed by atoms with Gasteiger partial charge in [0.15, 0.2) is 16.1 Å². The Morgan fingerprint density at radius 1 is 0.187 bits per heavy atom. The van der Waals surface area contributed by atoms with Crippen molar-refractivity contribution in [3.8, 4) is 55.6 Å². The zero-order valence-electron chi connectivity index (χ0n) is 41.4. The molecule has 0 atom stereocenters. The van der Waals surface area contributed by atoms with Crippen molar-refractivity contribution in [1.29, 1.82) is 0 Å². The summed E-state index contributed by atoms with van der Waals surface area (Å²) in [4.78, 5) is 2.50. The van der Waals surface area contributed by atoms with Crippen LogP contribution in [0, 0.1) is 0 Å². The van der Waals surface area contributed by atoms with Crippen molar-refractivity contribution in [3.05, 3.63) is 309 Å². The number of hydrogen-bond acceptors (Lipinski definition) is 1. The molecule has 0 spiro atoms. The number of benzene rings is 12. The van der Waals surface area contributed by atoms with E-state index in [-0.39, 0.29) is 0 Å². The average molecular weight is 986 g/mol. The van der Waals surface area contributed by atoms with E-state index >= 15 is 0 Å². The molecule has 0 saturated carbocycles. The second-order valence-corrected chi connectivity index (χ2v) is 27.4. The number of rotatable bonds is 10. The Bertz CT molecular complexity index is 3900. The van der Waals surface area contributed by atoms with Crippen LogP contribution in [-0.4, -0.2) is 16.1 Å². The van der Waals surface area contributed by atoms with Crippen LogP contribution in [0.3, 0.4) is 0 Å². The number of nitrogens with zero attached hydrogens (tertiary/aromatic N) is 1. The second kappa shape index (κ2) is 18.4. The van der Waals surface area contributed by atoms with Gasteiger partial charge in [0.2, 0.25) is 0 Å². The maximum atomic E-state index is 2.54. The van der Waals surface area contributed by atoms with Crippen LogP contribution in [-0.2, 0) is 0 Å². The van der Waals surface area contributed by atoms with Crippen LogP contribution in [0.1, 0.15) is 0 Å². The van der Waals surface area contributed by atoms with E-state index in [1.807, 2.05) is 0 Å². The summed E-state index contributed by atoms with van der Waals surface area (Å²) in [5.41, 5.74) is 15.8. The zero-order chi connectivity index (χ0) is 49.8. The van der Waals surface area contributed by atoms with Gasteiger partial charge in [-0.25, -0.2) is 0 Å². The largest absolute Gasteiger partial charge is 0.310 e. The van der Waals surface area contributed by atoms with E-state index in [0.717, 1.165) is 17.1 Å². The third-order valence-corrected chi connectivity index (χ3v) is 25.7. The smallest absolute Gasteiger partial charge is 0.180 e. The number of anilines is 3. The third kappa shape index (κ3) is 7.19. The maximum absolute atomic E-state index is 2.80. The molecule has 12 aromatic rings. The van der Waals surface area contributed by atoms with Gasteiger partial charge in [0.25, 0.3) is 0 Å². The molecule has 0 bridgehead atoms. The highest BCUT2D eigenvalue weighted by molar-refractivity contribution is 7.23. The van der Waals surface area contributed by atoms with E-state index in [4.69, 9.17) is 0 Å². The van der Waals surface area contributed by atoms with Crippen molar-refractivity contribution in [1.82, 2.24) is 0 Å². The zero-order valence-corrected chi connectivity index (χ0v) is 43.4. The van der Waals surface area contributed by atoms with Crippen molar-refractivity contribution < 1.29 is 0 Å². The van der Waals surface area contributed by atoms with Crippen LogP contribution in [0.2, 0.25) is 0 Å². The molecule has 2 aliphatic rings. The summed E-state index contributed by atoms with van der Waals surface area (Å²) in [6.45, 7) is 0. The van der Waals surface area contributed by atoms with Crippen LogP contribution in [0.5, 0.6) is 0 Å². The van der Waals surface area contributed by atoms with Gasteiger partial charge in [-0.05, 0) is 140 Å². The summed E-state index contributed by atoms with van der Waals surface area (Å²) < 4.78 is 0. The van der Waals surface area contributed by atoms with Gasteiger partial charge in [-0.15, -0.1) is 0 Å². The molecule has 14 rings (SSSR count). The van der Waals surface area contributed by atoms with Gasteiger partial charge >= 0.3 is 0 Å². The van der Waals surface area contributed by atoms with E-state index in [0.29, 0.717) is 0 Å². The highest BCUT2D eigenvalue weighted by Gasteiger charge is 2.50. The Morgan fingerprint density at radius 2 is 0.547 bits per heavy atom. The first kappa shape index (κ1) is 44.6. The molecular weight excluding hydrogens is 935 g/mol. The summed E-state index contributed by atoms with van der Waals surface area (Å²) in [5, 5.41) is 11.3. The minimum atomic E-state index is -2.80. The van der Waals surface area contributed by atoms with E-state index in [1.54, 1.807) is 0 Å². The average Bonchev–Trinajstić information content (AvgIpc) is 4.06. The summed E-state index contributed by atoms with van der Waals surface area (Å²) in [5.74, 6) is 0. The van der Waals surface area contributed by atoms with E-state index in [2.05, 4.69) is 314 Å². The van der Waals surface area contributed by atoms with Gasteiger partial charge in [-0.3, -0.25) is 0 Å². The Labute approximate surface area is 442 Å². The fraction of sp³-hybridized carbons (Fsp3) is 0. The molecule has 2 aliphatic heterocycles. The number of fused-ring (bicyclic) bond motifs is 6. The molecule has 1 nitrogen and oxygen atoms in total. The third-order valence-electron chi connectivity index (χ3n) is 16.0. The van der Waals surface area contributed by atoms with Crippen LogP contribution in [0.15, 0.2) is 309 Å². The van der Waals surface area contributed by atoms with Crippen molar-refractivity contribution in [3.63, 3.8) is 0 Å². The molecule has 75 heavy (non-hydrogen) atoms. The monoisotopic (exact) mass is 985 g/mol. The molecule has 0 saturated heterocycles. The molecular formula is C72H51NSi2. The van der Waals surface area contributed by atoms with Gasteiger partial charge in [0.1, 0.15) is 0 Å². The fourth-order valence-electron chi connectivity index (χ4n) is 12.8. The summed E-state index contributed by atoms with van der Waals surface area (Å²) in [6.07, 6.45) is 0. The first-order valence-corrected chi connectivity index (χ1v) is 30.1. The normalized spacial score (nSPS) is 13.3. The molecule has 0 unspecified atom stereocenters. The van der Waals surface area contributed by atoms with Crippen molar-refractivity contribution >= 4 is 74.7 Å². The van der Waals surface area contributed by atoms with Gasteiger partial charge in [0.05, 0.1) is 0 Å². The molecule has 12 aromatic carbocycles. The van der Waals surface area contributed by atoms with Gasteiger partial charge in [-0.1, -0.05) is 267 Å². The molecule has 3 heteroatoms. The molecule has 0 aromatic heterocycles. The molecule has 0 radical (unpaired) electrons. The maximum Gasteiger partial charge on any atom is 0.180 e. The molecule has 0 amide bonds. The van der Waals surface area contributed by atoms with Crippen molar-refractivity contribution in [2.75, 3.05) is 4.90 Å². The Morgan fingerprint density at radius 3 is 1.03 bits per heavy atom. The highest BCUT2D eigenvalue weighted by Crippen LogP contribution is 2.42. The van der Waals surface area contributed by atoms with Crippen LogP contribution in [0.4, 0.5) is 17.1 Å². The lowest BCUT2D eigenvalue weighted by molar-refractivity contribution is 1.29. The van der Waals surface area contributed by atoms with Crippen molar-refractivity contribution in [2.24, 2.45) is 0 Å². The Balaban J connectivity index is 0.967. The molecule has 0 N–H and O–H groups in total. The standard InChI is InChI=1S/C72H51NSi2/c1-6-23-52(24-7-1)56-47-57(53-25-8-2-9-26-53)49-60(48-56)73(59-45-46-68-67-37-18-19-38-69(67)74(72(68)51-59,61-28-10-3-11-29-61)62-30-12-4-13-31-62)58-43-41-54(42-44-58)55-27-22-34-64(50-55)75(63-32-14-5-15-33-63)70-39-20-16-35-65(70)66-36-17-21-40-71(66)75/h1-51H. The van der Waals surface area contributed by atoms with E-state index < -0.39 is 16.1 Å². The van der Waals surface area contributed by atoms with Crippen LogP contribution in [0.25, 0.3) is 55.6 Å². The van der Waals surface area contributed by atoms with E-state index in [1.165, 1.54) is 97.1 Å². The fourth-order valence-corrected chi connectivity index (χ4v) is 23.2. The molecule has 0 aliphatic carbocycles. The topological polar surface area (TPSA) is 3.24 Å². The quantitative estimate of drug-likeness (QED) is 0.123. The van der Waals surface area contributed by atoms with E-state index in [9.17, 15) is 0 Å². The second-order valence-electron chi connectivity index (χ2n) is 19.9. The van der Waals surface area contributed by atoms with Crippen LogP contribution >= 0.6 is 0 Å². The molecule has 352 valence electrons. The predicted octanol–water partition coefficient (Wildman–Crippen LogP) is 12.9. The predicted molar refractivity (Wildman–Crippen MR) is 323 cm³/mol. The van der Waals surface area contributed by atoms with Crippen LogP contribution < -0.4 is 46.4 Å². The summed E-state index contributed by atoms with van der Waals surface area (Å²) in [7, 11) is -5.47. The summed E-state index contributed by atoms with van der Waals surface area (Å²) in [6, 6.07) is 116. The minimum absolute atomic E-state index is 1.09. The number of hydrogen-bond donors (Lipinski definition) is 0. The lowest BCUT2D eigenvalue weighted by Gasteiger charge is -2.33. The SMILES string of the molecule is c1ccc(-c2cc(-c3ccccc3)cc(N(c3ccc(-c4cccc([Si]5(c6ccccc6)c6ccccc6-c6ccccc65)c4)cc3)c3ccc4c(c3)[Si](c3ccccc3)(c3ccccc3)c3ccccc3-4)c2)cc1. The summed E-state index contributed by atoms with van der Waals surface area (Å²) >= 11 is 0. The minimum Gasteiger partial charge on any atom is -0.310 e. The van der Waals surface area contributed by atoms with Gasteiger partial charge in [-0.2, -0.15) is 0 Å². The lowest BCUT2D eigenvalue weighted by atomic mass is 9.97.